The lowest BCUT2D eigenvalue weighted by atomic mass is 10.1. The van der Waals surface area contributed by atoms with Crippen molar-refractivity contribution in [2.45, 2.75) is 11.1 Å². The van der Waals surface area contributed by atoms with Crippen molar-refractivity contribution in [1.82, 2.24) is 13.9 Å². The molecule has 0 amide bonds. The average molecular weight is 403 g/mol. The van der Waals surface area contributed by atoms with Gasteiger partial charge in [0.05, 0.1) is 16.0 Å². The maximum Gasteiger partial charge on any atom is 0.419 e. The predicted molar refractivity (Wildman–Crippen MR) is 97.0 cm³/mol. The van der Waals surface area contributed by atoms with Crippen LogP contribution in [0.4, 0.5) is 13.2 Å². The molecule has 0 fully saturated rings. The second-order valence-corrected chi connectivity index (χ2v) is 7.78. The summed E-state index contributed by atoms with van der Waals surface area (Å²) in [4.78, 5) is 7.68. The highest BCUT2D eigenvalue weighted by molar-refractivity contribution is 7.90. The van der Waals surface area contributed by atoms with Crippen molar-refractivity contribution in [2.24, 2.45) is 0 Å². The number of halogens is 3. The number of nitrogens with zero attached hydrogens (tertiary/aromatic N) is 3. The maximum atomic E-state index is 13.1. The Labute approximate surface area is 158 Å². The first kappa shape index (κ1) is 18.2. The van der Waals surface area contributed by atoms with Gasteiger partial charge in [-0.25, -0.2) is 22.4 Å². The average Bonchev–Trinajstić information content (AvgIpc) is 3.09. The van der Waals surface area contributed by atoms with Gasteiger partial charge < -0.3 is 0 Å². The second kappa shape index (κ2) is 6.45. The number of alkyl halides is 3. The van der Waals surface area contributed by atoms with Crippen LogP contribution in [0.1, 0.15) is 5.56 Å². The monoisotopic (exact) mass is 403 g/mol. The Morgan fingerprint density at radius 3 is 2.11 bits per heavy atom. The number of hydrogen-bond acceptors (Lipinski definition) is 4. The van der Waals surface area contributed by atoms with Crippen molar-refractivity contribution in [1.29, 1.82) is 0 Å². The van der Waals surface area contributed by atoms with Crippen LogP contribution in [0.2, 0.25) is 0 Å². The van der Waals surface area contributed by atoms with E-state index in [2.05, 4.69) is 9.97 Å². The van der Waals surface area contributed by atoms with Crippen LogP contribution in [0, 0.1) is 0 Å². The van der Waals surface area contributed by atoms with Gasteiger partial charge in [-0.1, -0.05) is 36.4 Å². The van der Waals surface area contributed by atoms with E-state index in [1.807, 2.05) is 0 Å². The molecule has 28 heavy (non-hydrogen) atoms. The first-order valence-corrected chi connectivity index (χ1v) is 9.53. The van der Waals surface area contributed by atoms with Crippen LogP contribution in [-0.2, 0) is 16.2 Å². The molecule has 2 heterocycles. The zero-order valence-electron chi connectivity index (χ0n) is 14.1. The molecular formula is C19H12F3N3O2S. The van der Waals surface area contributed by atoms with E-state index < -0.39 is 21.8 Å². The van der Waals surface area contributed by atoms with Gasteiger partial charge in [0.25, 0.3) is 10.0 Å². The van der Waals surface area contributed by atoms with E-state index in [1.54, 1.807) is 42.5 Å². The number of rotatable bonds is 3. The van der Waals surface area contributed by atoms with Crippen LogP contribution in [0.3, 0.4) is 0 Å². The fourth-order valence-corrected chi connectivity index (χ4v) is 4.24. The molecule has 0 radical (unpaired) electrons. The lowest BCUT2D eigenvalue weighted by Crippen LogP contribution is -2.11. The molecule has 142 valence electrons. The summed E-state index contributed by atoms with van der Waals surface area (Å²) in [5.74, 6) is 0.00575. The van der Waals surface area contributed by atoms with Crippen molar-refractivity contribution >= 4 is 20.9 Å². The third-order valence-corrected chi connectivity index (χ3v) is 5.89. The van der Waals surface area contributed by atoms with Gasteiger partial charge in [0.2, 0.25) is 0 Å². The topological polar surface area (TPSA) is 64.8 Å². The van der Waals surface area contributed by atoms with Gasteiger partial charge in [0.15, 0.2) is 5.82 Å². The molecular weight excluding hydrogens is 391 g/mol. The number of hydrogen-bond donors (Lipinski definition) is 0. The van der Waals surface area contributed by atoms with Gasteiger partial charge in [0.1, 0.15) is 0 Å². The van der Waals surface area contributed by atoms with E-state index >= 15 is 0 Å². The van der Waals surface area contributed by atoms with E-state index in [1.165, 1.54) is 18.3 Å². The molecule has 0 aliphatic carbocycles. The summed E-state index contributed by atoms with van der Waals surface area (Å²) >= 11 is 0. The van der Waals surface area contributed by atoms with Gasteiger partial charge in [-0.2, -0.15) is 13.2 Å². The standard InChI is InChI=1S/C19H12F3N3O2S/c20-19(21,22)13-10-23-18(24-11-13)16-12-25(17-9-5-4-8-15(16)17)28(26,27)14-6-2-1-3-7-14/h1-12H. The number of fused-ring (bicyclic) bond motifs is 1. The minimum atomic E-state index is -4.55. The molecule has 4 aromatic rings. The highest BCUT2D eigenvalue weighted by Gasteiger charge is 2.31. The van der Waals surface area contributed by atoms with Crippen molar-refractivity contribution in [3.8, 4) is 11.4 Å². The molecule has 2 aromatic heterocycles. The third-order valence-electron chi connectivity index (χ3n) is 4.20. The largest absolute Gasteiger partial charge is 0.419 e. The molecule has 0 spiro atoms. The van der Waals surface area contributed by atoms with E-state index in [0.717, 1.165) is 3.97 Å². The molecule has 0 saturated heterocycles. The third kappa shape index (κ3) is 3.03. The predicted octanol–water partition coefficient (Wildman–Crippen LogP) is 4.35. The SMILES string of the molecule is O=S(=O)(c1ccccc1)n1cc(-c2ncc(C(F)(F)F)cn2)c2ccccc21. The Hall–Kier alpha value is -3.20. The Kier molecular flexibility index (Phi) is 4.19. The highest BCUT2D eigenvalue weighted by atomic mass is 32.2. The molecule has 4 rings (SSSR count). The van der Waals surface area contributed by atoms with Crippen LogP contribution in [0.5, 0.6) is 0 Å². The van der Waals surface area contributed by atoms with Gasteiger partial charge in [0, 0.05) is 29.5 Å². The molecule has 2 aromatic carbocycles. The number of benzene rings is 2. The first-order valence-electron chi connectivity index (χ1n) is 8.09. The summed E-state index contributed by atoms with van der Waals surface area (Å²) in [5.41, 5.74) is -0.273. The fraction of sp³-hybridized carbons (Fsp3) is 0.0526. The molecule has 0 saturated carbocycles. The van der Waals surface area contributed by atoms with E-state index in [-0.39, 0.29) is 10.7 Å². The summed E-state index contributed by atoms with van der Waals surface area (Å²) in [6, 6.07) is 14.5. The smallest absolute Gasteiger partial charge is 0.240 e. The summed E-state index contributed by atoms with van der Waals surface area (Å²) in [6.07, 6.45) is -1.86. The van der Waals surface area contributed by atoms with Crippen LogP contribution in [-0.4, -0.2) is 22.4 Å². The molecule has 0 unspecified atom stereocenters. The second-order valence-electron chi connectivity index (χ2n) is 5.97. The van der Waals surface area contributed by atoms with Crippen molar-refractivity contribution in [2.75, 3.05) is 0 Å². The van der Waals surface area contributed by atoms with Gasteiger partial charge >= 0.3 is 6.18 Å². The van der Waals surface area contributed by atoms with E-state index in [0.29, 0.717) is 28.9 Å². The Morgan fingerprint density at radius 1 is 0.857 bits per heavy atom. The number of aromatic nitrogens is 3. The van der Waals surface area contributed by atoms with E-state index in [9.17, 15) is 21.6 Å². The van der Waals surface area contributed by atoms with Gasteiger partial charge in [-0.15, -0.1) is 0 Å². The van der Waals surface area contributed by atoms with Crippen LogP contribution in [0.25, 0.3) is 22.3 Å². The van der Waals surface area contributed by atoms with Crippen molar-refractivity contribution < 1.29 is 21.6 Å². The lowest BCUT2D eigenvalue weighted by molar-refractivity contribution is -0.138. The minimum Gasteiger partial charge on any atom is -0.240 e. The molecule has 5 nitrogen and oxygen atoms in total. The molecule has 0 N–H and O–H groups in total. The highest BCUT2D eigenvalue weighted by Crippen LogP contribution is 2.33. The minimum absolute atomic E-state index is 0.00575. The molecule has 0 aliphatic heterocycles. The number of para-hydroxylation sites is 1. The normalized spacial score (nSPS) is 12.4. The van der Waals surface area contributed by atoms with Gasteiger partial charge in [-0.3, -0.25) is 0 Å². The zero-order chi connectivity index (χ0) is 19.9. The quantitative estimate of drug-likeness (QED) is 0.510. The lowest BCUT2D eigenvalue weighted by Gasteiger charge is -2.07. The molecule has 0 atom stereocenters. The maximum absolute atomic E-state index is 13.1. The molecule has 0 aliphatic rings. The summed E-state index contributed by atoms with van der Waals surface area (Å²) in [6.45, 7) is 0. The fourth-order valence-electron chi connectivity index (χ4n) is 2.85. The van der Waals surface area contributed by atoms with Gasteiger partial charge in [-0.05, 0) is 18.2 Å². The summed E-state index contributed by atoms with van der Waals surface area (Å²) < 4.78 is 65.5. The zero-order valence-corrected chi connectivity index (χ0v) is 14.9. The summed E-state index contributed by atoms with van der Waals surface area (Å²) in [5, 5.41) is 0.516. The van der Waals surface area contributed by atoms with Crippen molar-refractivity contribution in [3.63, 3.8) is 0 Å². The summed E-state index contributed by atoms with van der Waals surface area (Å²) in [7, 11) is -3.90. The van der Waals surface area contributed by atoms with Crippen molar-refractivity contribution in [3.05, 3.63) is 78.8 Å². The first-order chi connectivity index (χ1) is 13.3. The van der Waals surface area contributed by atoms with Crippen LogP contribution >= 0.6 is 0 Å². The Balaban J connectivity index is 1.91. The Morgan fingerprint density at radius 2 is 1.46 bits per heavy atom. The molecule has 9 heteroatoms. The Bertz CT molecular complexity index is 1250. The van der Waals surface area contributed by atoms with Crippen LogP contribution in [0.15, 0.2) is 78.1 Å². The van der Waals surface area contributed by atoms with Crippen LogP contribution < -0.4 is 0 Å². The molecule has 0 bridgehead atoms. The van der Waals surface area contributed by atoms with E-state index in [4.69, 9.17) is 0 Å².